The minimum atomic E-state index is -0.394. The van der Waals surface area contributed by atoms with Gasteiger partial charge in [-0.05, 0) is 11.6 Å². The van der Waals surface area contributed by atoms with Crippen LogP contribution in [0.4, 0.5) is 5.69 Å². The summed E-state index contributed by atoms with van der Waals surface area (Å²) in [5, 5.41) is 11.7. The number of carbonyl (C=O) groups is 1. The van der Waals surface area contributed by atoms with Crippen LogP contribution in [0.3, 0.4) is 0 Å². The lowest BCUT2D eigenvalue weighted by Gasteiger charge is -2.35. The molecule has 8 heteroatoms. The van der Waals surface area contributed by atoms with Crippen LogP contribution >= 0.6 is 0 Å². The number of aromatic nitrogens is 1. The zero-order valence-electron chi connectivity index (χ0n) is 16.7. The van der Waals surface area contributed by atoms with Crippen molar-refractivity contribution < 1.29 is 9.72 Å². The van der Waals surface area contributed by atoms with Gasteiger partial charge < -0.3 is 9.47 Å². The molecule has 0 atom stereocenters. The van der Waals surface area contributed by atoms with Crippen LogP contribution in [0.5, 0.6) is 0 Å². The number of fused-ring (bicyclic) bond motifs is 1. The van der Waals surface area contributed by atoms with E-state index in [2.05, 4.69) is 4.90 Å². The number of amides is 1. The lowest BCUT2D eigenvalue weighted by Crippen LogP contribution is -2.48. The Hall–Kier alpha value is -3.52. The highest BCUT2D eigenvalue weighted by Crippen LogP contribution is 2.20. The zero-order chi connectivity index (χ0) is 21.3. The maximum absolute atomic E-state index is 13.1. The van der Waals surface area contributed by atoms with Crippen molar-refractivity contribution in [3.63, 3.8) is 0 Å². The molecule has 8 nitrogen and oxygen atoms in total. The molecule has 4 rings (SSSR count). The minimum absolute atomic E-state index is 0.0823. The third-order valence-corrected chi connectivity index (χ3v) is 5.57. The number of piperazine rings is 1. The van der Waals surface area contributed by atoms with E-state index >= 15 is 0 Å². The van der Waals surface area contributed by atoms with Gasteiger partial charge in [-0.3, -0.25) is 24.6 Å². The highest BCUT2D eigenvalue weighted by Gasteiger charge is 2.24. The molecule has 1 aliphatic heterocycles. The molecular weight excluding hydrogens is 384 g/mol. The van der Waals surface area contributed by atoms with Crippen molar-refractivity contribution in [2.75, 3.05) is 26.2 Å². The number of hydrogen-bond donors (Lipinski definition) is 0. The number of nitrogens with zero attached hydrogens (tertiary/aromatic N) is 4. The molecular formula is C22H22N4O4. The maximum atomic E-state index is 13.1. The first-order valence-corrected chi connectivity index (χ1v) is 9.78. The van der Waals surface area contributed by atoms with E-state index in [1.54, 1.807) is 28.6 Å². The fourth-order valence-electron chi connectivity index (χ4n) is 3.89. The number of aryl methyl sites for hydroxylation is 1. The summed E-state index contributed by atoms with van der Waals surface area (Å²) in [5.74, 6) is -0.140. The number of nitro benzene ring substituents is 1. The molecule has 0 aliphatic carbocycles. The van der Waals surface area contributed by atoms with Crippen molar-refractivity contribution in [3.8, 4) is 0 Å². The SMILES string of the molecule is Cn1c(=O)cc(C(=O)N2CCN(Cc3cccc([N+](=O)[O-])c3)CC2)c2ccccc21. The Morgan fingerprint density at radius 3 is 2.50 bits per heavy atom. The van der Waals surface area contributed by atoms with Crippen molar-refractivity contribution >= 4 is 22.5 Å². The number of para-hydroxylation sites is 1. The summed E-state index contributed by atoms with van der Waals surface area (Å²) in [6, 6.07) is 15.5. The highest BCUT2D eigenvalue weighted by molar-refractivity contribution is 6.06. The molecule has 3 aromatic rings. The molecule has 1 amide bonds. The summed E-state index contributed by atoms with van der Waals surface area (Å²) in [5.41, 5.74) is 1.92. The smallest absolute Gasteiger partial charge is 0.269 e. The Labute approximate surface area is 173 Å². The first kappa shape index (κ1) is 19.8. The summed E-state index contributed by atoms with van der Waals surface area (Å²) in [4.78, 5) is 40.0. The summed E-state index contributed by atoms with van der Waals surface area (Å²) < 4.78 is 1.54. The van der Waals surface area contributed by atoms with Gasteiger partial charge >= 0.3 is 0 Å². The second-order valence-electron chi connectivity index (χ2n) is 7.47. The Balaban J connectivity index is 1.47. The van der Waals surface area contributed by atoms with E-state index in [0.717, 1.165) is 16.5 Å². The number of benzene rings is 2. The van der Waals surface area contributed by atoms with Gasteiger partial charge in [-0.2, -0.15) is 0 Å². The predicted molar refractivity (Wildman–Crippen MR) is 113 cm³/mol. The van der Waals surface area contributed by atoms with Crippen molar-refractivity contribution in [1.29, 1.82) is 0 Å². The Morgan fingerprint density at radius 1 is 1.03 bits per heavy atom. The third kappa shape index (κ3) is 3.81. The van der Waals surface area contributed by atoms with Gasteiger partial charge in [-0.25, -0.2) is 0 Å². The molecule has 0 N–H and O–H groups in total. The van der Waals surface area contributed by atoms with E-state index in [1.807, 2.05) is 30.3 Å². The Morgan fingerprint density at radius 2 is 1.77 bits per heavy atom. The molecule has 0 spiro atoms. The van der Waals surface area contributed by atoms with Crippen LogP contribution in [-0.2, 0) is 13.6 Å². The van der Waals surface area contributed by atoms with Crippen molar-refractivity contribution in [2.45, 2.75) is 6.54 Å². The van der Waals surface area contributed by atoms with E-state index in [0.29, 0.717) is 38.3 Å². The van der Waals surface area contributed by atoms with Crippen LogP contribution in [0.2, 0.25) is 0 Å². The molecule has 2 heterocycles. The lowest BCUT2D eigenvalue weighted by atomic mass is 10.1. The van der Waals surface area contributed by atoms with E-state index in [9.17, 15) is 19.7 Å². The fourth-order valence-corrected chi connectivity index (χ4v) is 3.89. The van der Waals surface area contributed by atoms with Gasteiger partial charge in [0.05, 0.1) is 16.0 Å². The topological polar surface area (TPSA) is 88.7 Å². The molecule has 1 saturated heterocycles. The summed E-state index contributed by atoms with van der Waals surface area (Å²) in [6.45, 7) is 3.00. The van der Waals surface area contributed by atoms with Crippen LogP contribution in [0, 0.1) is 10.1 Å². The molecule has 154 valence electrons. The van der Waals surface area contributed by atoms with Crippen LogP contribution in [0.1, 0.15) is 15.9 Å². The molecule has 1 aliphatic rings. The van der Waals surface area contributed by atoms with Gasteiger partial charge in [-0.1, -0.05) is 30.3 Å². The zero-order valence-corrected chi connectivity index (χ0v) is 16.7. The van der Waals surface area contributed by atoms with Crippen LogP contribution in [0.25, 0.3) is 10.9 Å². The van der Waals surface area contributed by atoms with Gasteiger partial charge in [0.2, 0.25) is 0 Å². The molecule has 0 bridgehead atoms. The number of rotatable bonds is 4. The quantitative estimate of drug-likeness (QED) is 0.490. The fraction of sp³-hybridized carbons (Fsp3) is 0.273. The molecule has 1 aromatic heterocycles. The van der Waals surface area contributed by atoms with Gasteiger partial charge in [0.15, 0.2) is 0 Å². The van der Waals surface area contributed by atoms with E-state index < -0.39 is 4.92 Å². The maximum Gasteiger partial charge on any atom is 0.269 e. The largest absolute Gasteiger partial charge is 0.336 e. The predicted octanol–water partition coefficient (Wildman–Crippen LogP) is 2.40. The molecule has 0 saturated carbocycles. The van der Waals surface area contributed by atoms with Crippen LogP contribution in [-0.4, -0.2) is 51.4 Å². The van der Waals surface area contributed by atoms with Gasteiger partial charge in [0.25, 0.3) is 17.2 Å². The van der Waals surface area contributed by atoms with E-state index in [1.165, 1.54) is 12.1 Å². The number of nitro groups is 1. The Bertz CT molecular complexity index is 1180. The summed E-state index contributed by atoms with van der Waals surface area (Å²) in [6.07, 6.45) is 0. The van der Waals surface area contributed by atoms with Gasteiger partial charge in [0, 0.05) is 63.4 Å². The normalized spacial score (nSPS) is 14.8. The molecule has 30 heavy (non-hydrogen) atoms. The second-order valence-corrected chi connectivity index (χ2v) is 7.47. The van der Waals surface area contributed by atoms with Gasteiger partial charge in [-0.15, -0.1) is 0 Å². The van der Waals surface area contributed by atoms with Crippen molar-refractivity contribution in [2.24, 2.45) is 7.05 Å². The summed E-state index contributed by atoms with van der Waals surface area (Å²) >= 11 is 0. The minimum Gasteiger partial charge on any atom is -0.336 e. The summed E-state index contributed by atoms with van der Waals surface area (Å²) in [7, 11) is 1.70. The first-order chi connectivity index (χ1) is 14.4. The van der Waals surface area contributed by atoms with Crippen LogP contribution < -0.4 is 5.56 Å². The Kier molecular flexibility index (Phi) is 5.33. The number of carbonyl (C=O) groups excluding carboxylic acids is 1. The second kappa shape index (κ2) is 8.08. The van der Waals surface area contributed by atoms with E-state index in [-0.39, 0.29) is 17.2 Å². The van der Waals surface area contributed by atoms with Crippen molar-refractivity contribution in [3.05, 3.63) is 86.2 Å². The highest BCUT2D eigenvalue weighted by atomic mass is 16.6. The standard InChI is InChI=1S/C22H22N4O4/c1-23-20-8-3-2-7-18(20)19(14-21(23)27)22(28)25-11-9-24(10-12-25)15-16-5-4-6-17(13-16)26(29)30/h2-8,13-14H,9-12,15H2,1H3. The molecule has 1 fully saturated rings. The molecule has 2 aromatic carbocycles. The van der Waals surface area contributed by atoms with Gasteiger partial charge in [0.1, 0.15) is 0 Å². The third-order valence-electron chi connectivity index (χ3n) is 5.57. The monoisotopic (exact) mass is 406 g/mol. The van der Waals surface area contributed by atoms with Crippen molar-refractivity contribution in [1.82, 2.24) is 14.4 Å². The lowest BCUT2D eigenvalue weighted by molar-refractivity contribution is -0.384. The average molecular weight is 406 g/mol. The van der Waals surface area contributed by atoms with E-state index in [4.69, 9.17) is 0 Å². The number of hydrogen-bond acceptors (Lipinski definition) is 5. The number of pyridine rings is 1. The average Bonchev–Trinajstić information content (AvgIpc) is 2.76. The van der Waals surface area contributed by atoms with Crippen LogP contribution in [0.15, 0.2) is 59.4 Å². The number of non-ortho nitro benzene ring substituents is 1. The molecule has 0 radical (unpaired) electrons. The molecule has 0 unspecified atom stereocenters. The first-order valence-electron chi connectivity index (χ1n) is 9.78.